The van der Waals surface area contributed by atoms with Gasteiger partial charge in [-0.05, 0) is 26.0 Å². The number of hydrogen-bond donors (Lipinski definition) is 1. The second-order valence-corrected chi connectivity index (χ2v) is 9.53. The minimum absolute atomic E-state index is 0.0257. The molecule has 118 valence electrons. The van der Waals surface area contributed by atoms with Crippen molar-refractivity contribution >= 4 is 27.5 Å². The van der Waals surface area contributed by atoms with Crippen molar-refractivity contribution < 1.29 is 13.2 Å². The van der Waals surface area contributed by atoms with Gasteiger partial charge in [0, 0.05) is 23.6 Å². The van der Waals surface area contributed by atoms with E-state index in [4.69, 9.17) is 10.5 Å². The highest BCUT2D eigenvalue weighted by Crippen LogP contribution is 2.30. The van der Waals surface area contributed by atoms with Crippen molar-refractivity contribution in [1.82, 2.24) is 4.31 Å². The van der Waals surface area contributed by atoms with Crippen LogP contribution in [-0.4, -0.2) is 48.7 Å². The van der Waals surface area contributed by atoms with E-state index in [1.807, 2.05) is 23.9 Å². The number of thioether (sulfide) groups is 1. The summed E-state index contributed by atoms with van der Waals surface area (Å²) in [5.74, 6) is 1.34. The minimum atomic E-state index is -3.28. The lowest BCUT2D eigenvalue weighted by atomic mass is 10.2. The van der Waals surface area contributed by atoms with E-state index >= 15 is 0 Å². The van der Waals surface area contributed by atoms with Gasteiger partial charge >= 0.3 is 0 Å². The fraction of sp³-hybridized carbons (Fsp3) is 0.571. The Labute approximate surface area is 130 Å². The molecule has 7 heteroatoms. The fourth-order valence-corrected chi connectivity index (χ4v) is 4.96. The van der Waals surface area contributed by atoms with Crippen LogP contribution in [0.15, 0.2) is 24.3 Å². The standard InChI is InChI=1S/C14H22N2O3S2/c1-14(2)11-16(7-9-20-14)21(17,18)10-8-19-13-6-4-3-5-12(13)15/h3-6H,7-11,15H2,1-2H3. The van der Waals surface area contributed by atoms with Gasteiger partial charge in [-0.25, -0.2) is 8.42 Å². The first kappa shape index (κ1) is 16.5. The number of ether oxygens (including phenoxy) is 1. The number of anilines is 1. The van der Waals surface area contributed by atoms with Crippen molar-refractivity contribution in [2.75, 3.05) is 36.9 Å². The van der Waals surface area contributed by atoms with Gasteiger partial charge in [0.05, 0.1) is 11.4 Å². The Morgan fingerprint density at radius 3 is 2.76 bits per heavy atom. The normalized spacial score (nSPS) is 19.3. The molecule has 0 bridgehead atoms. The lowest BCUT2D eigenvalue weighted by Gasteiger charge is -2.36. The molecule has 2 rings (SSSR count). The minimum Gasteiger partial charge on any atom is -0.490 e. The van der Waals surface area contributed by atoms with Crippen LogP contribution in [0.1, 0.15) is 13.8 Å². The summed E-state index contributed by atoms with van der Waals surface area (Å²) in [5, 5.41) is 0. The third-order valence-corrected chi connectivity index (χ3v) is 6.38. The van der Waals surface area contributed by atoms with Crippen LogP contribution < -0.4 is 10.5 Å². The predicted molar refractivity (Wildman–Crippen MR) is 88.2 cm³/mol. The molecule has 5 nitrogen and oxygen atoms in total. The molecule has 1 fully saturated rings. The number of para-hydroxylation sites is 2. The summed E-state index contributed by atoms with van der Waals surface area (Å²) < 4.78 is 31.7. The molecule has 0 spiro atoms. The second kappa shape index (κ2) is 6.46. The van der Waals surface area contributed by atoms with Gasteiger partial charge in [0.2, 0.25) is 10.0 Å². The van der Waals surface area contributed by atoms with Crippen LogP contribution in [0, 0.1) is 0 Å². The smallest absolute Gasteiger partial charge is 0.217 e. The van der Waals surface area contributed by atoms with Gasteiger partial charge in [0.1, 0.15) is 12.4 Å². The Bertz CT molecular complexity index is 588. The SMILES string of the molecule is CC1(C)CN(S(=O)(=O)CCOc2ccccc2N)CCS1. The highest BCUT2D eigenvalue weighted by Gasteiger charge is 2.33. The maximum absolute atomic E-state index is 12.4. The number of nitrogens with zero attached hydrogens (tertiary/aromatic N) is 1. The zero-order valence-corrected chi connectivity index (χ0v) is 14.0. The van der Waals surface area contributed by atoms with Crippen LogP contribution in [0.2, 0.25) is 0 Å². The highest BCUT2D eigenvalue weighted by molar-refractivity contribution is 8.00. The Morgan fingerprint density at radius 1 is 1.38 bits per heavy atom. The number of benzene rings is 1. The summed E-state index contributed by atoms with van der Waals surface area (Å²) in [7, 11) is -3.28. The molecular formula is C14H22N2O3S2. The largest absolute Gasteiger partial charge is 0.490 e. The average molecular weight is 330 g/mol. The summed E-state index contributed by atoms with van der Waals surface area (Å²) in [6.07, 6.45) is 0. The van der Waals surface area contributed by atoms with Crippen molar-refractivity contribution in [2.24, 2.45) is 0 Å². The molecule has 0 aliphatic carbocycles. The summed E-state index contributed by atoms with van der Waals surface area (Å²) >= 11 is 1.81. The molecule has 0 saturated carbocycles. The van der Waals surface area contributed by atoms with E-state index < -0.39 is 10.0 Å². The topological polar surface area (TPSA) is 72.6 Å². The van der Waals surface area contributed by atoms with Crippen LogP contribution in [0.5, 0.6) is 5.75 Å². The molecule has 1 aromatic carbocycles. The maximum Gasteiger partial charge on any atom is 0.217 e. The van der Waals surface area contributed by atoms with Crippen molar-refractivity contribution in [3.05, 3.63) is 24.3 Å². The zero-order chi connectivity index (χ0) is 15.5. The van der Waals surface area contributed by atoms with Gasteiger partial charge in [-0.3, -0.25) is 0 Å². The maximum atomic E-state index is 12.4. The molecule has 0 unspecified atom stereocenters. The summed E-state index contributed by atoms with van der Waals surface area (Å²) in [6.45, 7) is 5.37. The molecule has 1 aliphatic rings. The lowest BCUT2D eigenvalue weighted by Crippen LogP contribution is -2.47. The molecule has 21 heavy (non-hydrogen) atoms. The molecule has 0 aromatic heterocycles. The molecule has 1 saturated heterocycles. The van der Waals surface area contributed by atoms with Crippen molar-refractivity contribution in [2.45, 2.75) is 18.6 Å². The zero-order valence-electron chi connectivity index (χ0n) is 12.4. The fourth-order valence-electron chi connectivity index (χ4n) is 2.21. The van der Waals surface area contributed by atoms with E-state index in [0.717, 1.165) is 5.75 Å². The molecule has 2 N–H and O–H groups in total. The number of nitrogens with two attached hydrogens (primary N) is 1. The van der Waals surface area contributed by atoms with Gasteiger partial charge in [-0.2, -0.15) is 16.1 Å². The molecule has 1 heterocycles. The first-order valence-corrected chi connectivity index (χ1v) is 9.49. The van der Waals surface area contributed by atoms with E-state index in [1.54, 1.807) is 16.4 Å². The van der Waals surface area contributed by atoms with E-state index in [1.165, 1.54) is 0 Å². The van der Waals surface area contributed by atoms with Crippen LogP contribution >= 0.6 is 11.8 Å². The predicted octanol–water partition coefficient (Wildman–Crippen LogP) is 1.80. The van der Waals surface area contributed by atoms with Gasteiger partial charge < -0.3 is 10.5 Å². The number of rotatable bonds is 5. The molecule has 0 atom stereocenters. The van der Waals surface area contributed by atoms with Crippen LogP contribution in [-0.2, 0) is 10.0 Å². The second-order valence-electron chi connectivity index (χ2n) is 5.64. The van der Waals surface area contributed by atoms with Crippen LogP contribution in [0.4, 0.5) is 5.69 Å². The van der Waals surface area contributed by atoms with E-state index in [2.05, 4.69) is 13.8 Å². The van der Waals surface area contributed by atoms with Crippen LogP contribution in [0.3, 0.4) is 0 Å². The first-order chi connectivity index (χ1) is 9.80. The third kappa shape index (κ3) is 4.52. The first-order valence-electron chi connectivity index (χ1n) is 6.89. The highest BCUT2D eigenvalue weighted by atomic mass is 32.2. The quantitative estimate of drug-likeness (QED) is 0.834. The molecule has 1 aliphatic heterocycles. The number of nitrogen functional groups attached to an aromatic ring is 1. The molecule has 0 radical (unpaired) electrons. The van der Waals surface area contributed by atoms with Gasteiger partial charge in [-0.15, -0.1) is 0 Å². The van der Waals surface area contributed by atoms with Crippen LogP contribution in [0.25, 0.3) is 0 Å². The van der Waals surface area contributed by atoms with E-state index in [9.17, 15) is 8.42 Å². The summed E-state index contributed by atoms with van der Waals surface area (Å²) in [5.41, 5.74) is 6.28. The van der Waals surface area contributed by atoms with Crippen molar-refractivity contribution in [1.29, 1.82) is 0 Å². The number of sulfonamides is 1. The monoisotopic (exact) mass is 330 g/mol. The molecular weight excluding hydrogens is 308 g/mol. The third-order valence-electron chi connectivity index (χ3n) is 3.30. The summed E-state index contributed by atoms with van der Waals surface area (Å²) in [6, 6.07) is 7.09. The van der Waals surface area contributed by atoms with E-state index in [0.29, 0.717) is 24.5 Å². The summed E-state index contributed by atoms with van der Waals surface area (Å²) in [4.78, 5) is 0. The Balaban J connectivity index is 1.91. The Kier molecular flexibility index (Phi) is 5.06. The molecule has 1 aromatic rings. The van der Waals surface area contributed by atoms with Gasteiger partial charge in [0.15, 0.2) is 0 Å². The van der Waals surface area contributed by atoms with Crippen molar-refractivity contribution in [3.8, 4) is 5.75 Å². The van der Waals surface area contributed by atoms with Gasteiger partial charge in [0.25, 0.3) is 0 Å². The average Bonchev–Trinajstić information content (AvgIpc) is 2.40. The Hall–Kier alpha value is -0.920. The Morgan fingerprint density at radius 2 is 2.10 bits per heavy atom. The van der Waals surface area contributed by atoms with Gasteiger partial charge in [-0.1, -0.05) is 12.1 Å². The lowest BCUT2D eigenvalue weighted by molar-refractivity contribution is 0.333. The van der Waals surface area contributed by atoms with Crippen molar-refractivity contribution in [3.63, 3.8) is 0 Å². The van der Waals surface area contributed by atoms with E-state index in [-0.39, 0.29) is 17.1 Å². The number of hydrogen-bond acceptors (Lipinski definition) is 5. The molecule has 0 amide bonds.